The van der Waals surface area contributed by atoms with Crippen LogP contribution in [0.25, 0.3) is 11.1 Å². The minimum absolute atomic E-state index is 0.00692. The van der Waals surface area contributed by atoms with Gasteiger partial charge in [0, 0.05) is 11.1 Å². The van der Waals surface area contributed by atoms with Crippen LogP contribution in [0.15, 0.2) is 78.9 Å². The van der Waals surface area contributed by atoms with Crippen LogP contribution in [-0.4, -0.2) is 23.5 Å². The zero-order valence-electron chi connectivity index (χ0n) is 17.8. The monoisotopic (exact) mass is 447 g/mol. The summed E-state index contributed by atoms with van der Waals surface area (Å²) in [5, 5.41) is 2.52. The van der Waals surface area contributed by atoms with Gasteiger partial charge in [-0.05, 0) is 66.2 Å². The van der Waals surface area contributed by atoms with Crippen molar-refractivity contribution in [3.05, 3.63) is 90.0 Å². The summed E-state index contributed by atoms with van der Waals surface area (Å²) < 4.78 is 5.58. The lowest BCUT2D eigenvalue weighted by molar-refractivity contribution is 0.0934. The molecular formula is C25H25N3O3S. The molecule has 0 heterocycles. The molecule has 0 saturated carbocycles. The van der Waals surface area contributed by atoms with E-state index < -0.39 is 0 Å². The van der Waals surface area contributed by atoms with Crippen molar-refractivity contribution in [2.75, 3.05) is 6.61 Å². The minimum Gasteiger partial charge on any atom is -0.494 e. The second-order valence-corrected chi connectivity index (χ2v) is 7.44. The number of carbonyl (C=O) groups is 2. The van der Waals surface area contributed by atoms with Crippen molar-refractivity contribution >= 4 is 29.1 Å². The topological polar surface area (TPSA) is 79.5 Å². The number of rotatable bonds is 7. The molecule has 0 fully saturated rings. The third kappa shape index (κ3) is 6.65. The van der Waals surface area contributed by atoms with E-state index in [4.69, 9.17) is 17.0 Å². The molecule has 0 aliphatic carbocycles. The fourth-order valence-electron chi connectivity index (χ4n) is 2.87. The summed E-state index contributed by atoms with van der Waals surface area (Å²) in [6.45, 7) is 2.74. The highest BCUT2D eigenvalue weighted by atomic mass is 32.1. The zero-order valence-corrected chi connectivity index (χ0v) is 18.6. The van der Waals surface area contributed by atoms with Gasteiger partial charge in [0.15, 0.2) is 5.11 Å². The van der Waals surface area contributed by atoms with Gasteiger partial charge in [-0.2, -0.15) is 0 Å². The lowest BCUT2D eigenvalue weighted by atomic mass is 10.0. The normalized spacial score (nSPS) is 10.2. The predicted octanol–water partition coefficient (Wildman–Crippen LogP) is 4.48. The maximum atomic E-state index is 12.3. The molecule has 6 nitrogen and oxygen atoms in total. The van der Waals surface area contributed by atoms with Crippen LogP contribution in [0.5, 0.6) is 5.75 Å². The van der Waals surface area contributed by atoms with Crippen LogP contribution < -0.4 is 20.9 Å². The highest BCUT2D eigenvalue weighted by molar-refractivity contribution is 7.80. The number of hydrogen-bond donors (Lipinski definition) is 3. The molecule has 0 atom stereocenters. The SMILES string of the molecule is CCCCOc1ccc(C(=O)NC(=S)NNC(=O)c2ccc(-c3ccccc3)cc2)cc1. The molecule has 3 aromatic rings. The number of benzene rings is 3. The first kappa shape index (κ1) is 23.0. The second-order valence-electron chi connectivity index (χ2n) is 7.03. The number of hydrogen-bond acceptors (Lipinski definition) is 4. The molecular weight excluding hydrogens is 422 g/mol. The van der Waals surface area contributed by atoms with Crippen LogP contribution >= 0.6 is 12.2 Å². The summed E-state index contributed by atoms with van der Waals surface area (Å²) >= 11 is 5.10. The lowest BCUT2D eigenvalue weighted by Gasteiger charge is -2.11. The molecule has 0 aliphatic heterocycles. The van der Waals surface area contributed by atoms with Crippen molar-refractivity contribution in [1.82, 2.24) is 16.2 Å². The molecule has 2 amide bonds. The van der Waals surface area contributed by atoms with Crippen molar-refractivity contribution in [3.8, 4) is 16.9 Å². The van der Waals surface area contributed by atoms with Crippen molar-refractivity contribution in [1.29, 1.82) is 0 Å². The molecule has 7 heteroatoms. The van der Waals surface area contributed by atoms with E-state index in [0.717, 1.165) is 24.0 Å². The van der Waals surface area contributed by atoms with E-state index in [2.05, 4.69) is 23.1 Å². The molecule has 0 bridgehead atoms. The van der Waals surface area contributed by atoms with E-state index >= 15 is 0 Å². The Morgan fingerprint density at radius 3 is 2.03 bits per heavy atom. The third-order valence-corrected chi connectivity index (χ3v) is 4.86. The number of nitrogens with one attached hydrogen (secondary N) is 3. The average Bonchev–Trinajstić information content (AvgIpc) is 2.84. The molecule has 3 N–H and O–H groups in total. The van der Waals surface area contributed by atoms with E-state index in [-0.39, 0.29) is 16.9 Å². The van der Waals surface area contributed by atoms with Crippen molar-refractivity contribution < 1.29 is 14.3 Å². The summed E-state index contributed by atoms with van der Waals surface area (Å²) in [4.78, 5) is 24.7. The van der Waals surface area contributed by atoms with Gasteiger partial charge in [0.05, 0.1) is 6.61 Å². The fourth-order valence-corrected chi connectivity index (χ4v) is 3.02. The minimum atomic E-state index is -0.385. The van der Waals surface area contributed by atoms with E-state index in [1.807, 2.05) is 42.5 Å². The van der Waals surface area contributed by atoms with E-state index in [0.29, 0.717) is 23.5 Å². The number of thiocarbonyl (C=S) groups is 1. The zero-order chi connectivity index (χ0) is 22.8. The Balaban J connectivity index is 1.46. The Bertz CT molecular complexity index is 1050. The standard InChI is InChI=1S/C25H25N3O3S/c1-2-3-17-31-22-15-13-20(14-16-22)23(29)26-25(32)28-27-24(30)21-11-9-19(10-12-21)18-7-5-4-6-8-18/h4-16H,2-3,17H2,1H3,(H,27,30)(H2,26,28,29,32). The molecule has 0 spiro atoms. The predicted molar refractivity (Wildman–Crippen MR) is 129 cm³/mol. The van der Waals surface area contributed by atoms with E-state index in [1.165, 1.54) is 0 Å². The number of carbonyl (C=O) groups excluding carboxylic acids is 2. The van der Waals surface area contributed by atoms with Crippen molar-refractivity contribution in [2.24, 2.45) is 0 Å². The lowest BCUT2D eigenvalue weighted by Crippen LogP contribution is -2.48. The summed E-state index contributed by atoms with van der Waals surface area (Å²) in [7, 11) is 0. The second kappa shape index (κ2) is 11.6. The van der Waals surface area contributed by atoms with Crippen LogP contribution in [0, 0.1) is 0 Å². The highest BCUT2D eigenvalue weighted by Gasteiger charge is 2.10. The van der Waals surface area contributed by atoms with Crippen LogP contribution in [-0.2, 0) is 0 Å². The molecule has 0 aromatic heterocycles. The van der Waals surface area contributed by atoms with Crippen molar-refractivity contribution in [2.45, 2.75) is 19.8 Å². The maximum Gasteiger partial charge on any atom is 0.269 e. The highest BCUT2D eigenvalue weighted by Crippen LogP contribution is 2.19. The summed E-state index contributed by atoms with van der Waals surface area (Å²) in [5.41, 5.74) is 8.01. The molecule has 164 valence electrons. The Morgan fingerprint density at radius 1 is 0.781 bits per heavy atom. The molecule has 32 heavy (non-hydrogen) atoms. The fraction of sp³-hybridized carbons (Fsp3) is 0.160. The van der Waals surface area contributed by atoms with Crippen LogP contribution in [0.3, 0.4) is 0 Å². The Hall–Kier alpha value is -3.71. The van der Waals surface area contributed by atoms with E-state index in [9.17, 15) is 9.59 Å². The first-order valence-electron chi connectivity index (χ1n) is 10.4. The van der Waals surface area contributed by atoms with E-state index in [1.54, 1.807) is 36.4 Å². The smallest absolute Gasteiger partial charge is 0.269 e. The maximum absolute atomic E-state index is 12.3. The Kier molecular flexibility index (Phi) is 8.34. The van der Waals surface area contributed by atoms with Gasteiger partial charge >= 0.3 is 0 Å². The van der Waals surface area contributed by atoms with Crippen LogP contribution in [0.4, 0.5) is 0 Å². The molecule has 3 rings (SSSR count). The van der Waals surface area contributed by atoms with Gasteiger partial charge in [-0.25, -0.2) is 0 Å². The molecule has 3 aromatic carbocycles. The number of amides is 2. The van der Waals surface area contributed by atoms with Gasteiger partial charge in [-0.15, -0.1) is 0 Å². The first-order chi connectivity index (χ1) is 15.6. The number of ether oxygens (including phenoxy) is 1. The quantitative estimate of drug-likeness (QED) is 0.283. The number of hydrazine groups is 1. The van der Waals surface area contributed by atoms with Gasteiger partial charge in [0.2, 0.25) is 0 Å². The summed E-state index contributed by atoms with van der Waals surface area (Å²) in [6.07, 6.45) is 2.03. The Morgan fingerprint density at radius 2 is 1.38 bits per heavy atom. The number of unbranched alkanes of at least 4 members (excludes halogenated alkanes) is 1. The molecule has 0 unspecified atom stereocenters. The molecule has 0 saturated heterocycles. The van der Waals surface area contributed by atoms with Crippen LogP contribution in [0.1, 0.15) is 40.5 Å². The Labute approximate surface area is 193 Å². The average molecular weight is 448 g/mol. The molecule has 0 aliphatic rings. The van der Waals surface area contributed by atoms with Gasteiger partial charge in [0.1, 0.15) is 5.75 Å². The van der Waals surface area contributed by atoms with Gasteiger partial charge < -0.3 is 4.74 Å². The van der Waals surface area contributed by atoms with Gasteiger partial charge in [-0.1, -0.05) is 55.8 Å². The van der Waals surface area contributed by atoms with Crippen molar-refractivity contribution in [3.63, 3.8) is 0 Å². The first-order valence-corrected chi connectivity index (χ1v) is 10.8. The molecule has 0 radical (unpaired) electrons. The third-order valence-electron chi connectivity index (χ3n) is 4.65. The van der Waals surface area contributed by atoms with Gasteiger partial charge in [-0.3, -0.25) is 25.8 Å². The van der Waals surface area contributed by atoms with Gasteiger partial charge in [0.25, 0.3) is 11.8 Å². The largest absolute Gasteiger partial charge is 0.494 e. The summed E-state index contributed by atoms with van der Waals surface area (Å²) in [5.74, 6) is -0.0416. The summed E-state index contributed by atoms with van der Waals surface area (Å²) in [6, 6.07) is 23.9. The van der Waals surface area contributed by atoms with Crippen LogP contribution in [0.2, 0.25) is 0 Å².